The molecule has 0 fully saturated rings. The molecule has 0 heterocycles. The van der Waals surface area contributed by atoms with Crippen molar-refractivity contribution in [2.24, 2.45) is 0 Å². The minimum absolute atomic E-state index is 0.0666. The van der Waals surface area contributed by atoms with Crippen LogP contribution in [-0.4, -0.2) is 26.7 Å². The molecule has 0 atom stereocenters. The number of sulfonamides is 1. The minimum Gasteiger partial charge on any atom is -0.395 e. The predicted octanol–water partition coefficient (Wildman–Crippen LogP) is 1.25. The van der Waals surface area contributed by atoms with Crippen molar-refractivity contribution < 1.29 is 17.9 Å². The molecule has 0 spiro atoms. The topological polar surface area (TPSA) is 66.4 Å². The van der Waals surface area contributed by atoms with Crippen LogP contribution in [0.15, 0.2) is 23.1 Å². The lowest BCUT2D eigenvalue weighted by atomic mass is 10.2. The number of aliphatic hydroxyl groups is 1. The van der Waals surface area contributed by atoms with Gasteiger partial charge in [0.05, 0.1) is 6.61 Å². The summed E-state index contributed by atoms with van der Waals surface area (Å²) in [5.74, 6) is 4.45. The van der Waals surface area contributed by atoms with Gasteiger partial charge in [0.1, 0.15) is 10.7 Å². The van der Waals surface area contributed by atoms with Crippen molar-refractivity contribution in [2.75, 3.05) is 13.2 Å². The van der Waals surface area contributed by atoms with E-state index >= 15 is 0 Å². The van der Waals surface area contributed by atoms with Gasteiger partial charge < -0.3 is 5.11 Å². The van der Waals surface area contributed by atoms with Crippen molar-refractivity contribution in [1.82, 2.24) is 4.72 Å². The third kappa shape index (κ3) is 4.63. The smallest absolute Gasteiger partial charge is 0.243 e. The molecule has 1 aromatic rings. The lowest BCUT2D eigenvalue weighted by Crippen LogP contribution is -2.25. The van der Waals surface area contributed by atoms with Crippen molar-refractivity contribution in [2.45, 2.75) is 24.7 Å². The first-order valence-corrected chi connectivity index (χ1v) is 7.38. The lowest BCUT2D eigenvalue weighted by Gasteiger charge is -2.06. The van der Waals surface area contributed by atoms with Gasteiger partial charge in [-0.15, -0.1) is 0 Å². The molecule has 0 amide bonds. The van der Waals surface area contributed by atoms with Gasteiger partial charge in [0.15, 0.2) is 0 Å². The SMILES string of the molecule is CCCNS(=O)(=O)c1ccc(C#CCCO)cc1F. The monoisotopic (exact) mass is 285 g/mol. The standard InChI is InChI=1S/C13H16FNO3S/c1-2-8-15-19(17,18)13-7-6-11(10-12(13)14)5-3-4-9-16/h6-7,10,15-16H,2,4,8-9H2,1H3. The zero-order valence-corrected chi connectivity index (χ0v) is 11.4. The Bertz CT molecular complexity index is 588. The molecule has 0 saturated heterocycles. The number of hydrogen-bond donors (Lipinski definition) is 2. The third-order valence-electron chi connectivity index (χ3n) is 2.23. The summed E-state index contributed by atoms with van der Waals surface area (Å²) in [6.45, 7) is 2.02. The largest absolute Gasteiger partial charge is 0.395 e. The highest BCUT2D eigenvalue weighted by molar-refractivity contribution is 7.89. The van der Waals surface area contributed by atoms with E-state index in [2.05, 4.69) is 16.6 Å². The first-order chi connectivity index (χ1) is 9.01. The number of benzene rings is 1. The zero-order valence-electron chi connectivity index (χ0n) is 10.6. The molecule has 0 radical (unpaired) electrons. The molecule has 1 aromatic carbocycles. The fourth-order valence-corrected chi connectivity index (χ4v) is 2.52. The fourth-order valence-electron chi connectivity index (χ4n) is 1.33. The Morgan fingerprint density at radius 3 is 2.74 bits per heavy atom. The molecule has 1 rings (SSSR count). The van der Waals surface area contributed by atoms with Crippen molar-refractivity contribution in [3.05, 3.63) is 29.6 Å². The average molecular weight is 285 g/mol. The quantitative estimate of drug-likeness (QED) is 0.800. The number of rotatable bonds is 5. The molecule has 0 aliphatic rings. The van der Waals surface area contributed by atoms with Gasteiger partial charge in [-0.3, -0.25) is 0 Å². The highest BCUT2D eigenvalue weighted by atomic mass is 32.2. The summed E-state index contributed by atoms with van der Waals surface area (Å²) in [6, 6.07) is 3.70. The normalized spacial score (nSPS) is 10.9. The van der Waals surface area contributed by atoms with E-state index in [1.807, 2.05) is 6.92 Å². The van der Waals surface area contributed by atoms with Crippen LogP contribution < -0.4 is 4.72 Å². The van der Waals surface area contributed by atoms with Crippen molar-refractivity contribution in [3.8, 4) is 11.8 Å². The summed E-state index contributed by atoms with van der Waals surface area (Å²) < 4.78 is 39.6. The van der Waals surface area contributed by atoms with Crippen molar-refractivity contribution in [3.63, 3.8) is 0 Å². The van der Waals surface area contributed by atoms with Gasteiger partial charge >= 0.3 is 0 Å². The van der Waals surface area contributed by atoms with Crippen LogP contribution in [0.1, 0.15) is 25.3 Å². The van der Waals surface area contributed by atoms with Crippen molar-refractivity contribution in [1.29, 1.82) is 0 Å². The molecule has 6 heteroatoms. The molecule has 0 bridgehead atoms. The Kier molecular flexibility index (Phi) is 5.96. The summed E-state index contributed by atoms with van der Waals surface area (Å²) in [5.41, 5.74) is 0.375. The Balaban J connectivity index is 2.98. The molecule has 0 aliphatic carbocycles. The molecule has 0 unspecified atom stereocenters. The van der Waals surface area contributed by atoms with Gasteiger partial charge in [0.25, 0.3) is 0 Å². The van der Waals surface area contributed by atoms with Gasteiger partial charge in [-0.05, 0) is 24.6 Å². The molecule has 19 heavy (non-hydrogen) atoms. The van der Waals surface area contributed by atoms with Gasteiger partial charge in [-0.25, -0.2) is 17.5 Å². The van der Waals surface area contributed by atoms with E-state index < -0.39 is 15.8 Å². The second-order valence-corrected chi connectivity index (χ2v) is 5.55. The van der Waals surface area contributed by atoms with Crippen LogP contribution in [0.2, 0.25) is 0 Å². The molecule has 104 valence electrons. The van der Waals surface area contributed by atoms with E-state index in [0.29, 0.717) is 18.4 Å². The van der Waals surface area contributed by atoms with Gasteiger partial charge in [0, 0.05) is 18.5 Å². The maximum atomic E-state index is 13.7. The highest BCUT2D eigenvalue weighted by Gasteiger charge is 2.18. The third-order valence-corrected chi connectivity index (χ3v) is 3.73. The summed E-state index contributed by atoms with van der Waals surface area (Å²) in [4.78, 5) is -0.381. The molecule has 0 aromatic heterocycles. The number of nitrogens with one attached hydrogen (secondary N) is 1. The Morgan fingerprint density at radius 1 is 1.42 bits per heavy atom. The van der Waals surface area contributed by atoms with E-state index in [0.717, 1.165) is 6.07 Å². The second kappa shape index (κ2) is 7.24. The van der Waals surface area contributed by atoms with Gasteiger partial charge in [-0.2, -0.15) is 0 Å². The Labute approximate surface area is 112 Å². The second-order valence-electron chi connectivity index (χ2n) is 3.82. The van der Waals surface area contributed by atoms with E-state index in [9.17, 15) is 12.8 Å². The maximum absolute atomic E-state index is 13.7. The Hall–Kier alpha value is -1.42. The maximum Gasteiger partial charge on any atom is 0.243 e. The molecule has 0 aliphatic heterocycles. The van der Waals surface area contributed by atoms with Crippen LogP contribution in [0.25, 0.3) is 0 Å². The van der Waals surface area contributed by atoms with E-state index in [1.165, 1.54) is 12.1 Å². The van der Waals surface area contributed by atoms with Crippen LogP contribution in [0, 0.1) is 17.7 Å². The van der Waals surface area contributed by atoms with E-state index in [4.69, 9.17) is 5.11 Å². The molecule has 4 nitrogen and oxygen atoms in total. The minimum atomic E-state index is -3.81. The van der Waals surface area contributed by atoms with Gasteiger partial charge in [0.2, 0.25) is 10.0 Å². The molecular weight excluding hydrogens is 269 g/mol. The molecular formula is C13H16FNO3S. The van der Waals surface area contributed by atoms with Crippen LogP contribution in [0.5, 0.6) is 0 Å². The van der Waals surface area contributed by atoms with Crippen LogP contribution in [-0.2, 0) is 10.0 Å². The summed E-state index contributed by atoms with van der Waals surface area (Å²) in [7, 11) is -3.81. The number of hydrogen-bond acceptors (Lipinski definition) is 3. The van der Waals surface area contributed by atoms with E-state index in [-0.39, 0.29) is 18.0 Å². The molecule has 2 N–H and O–H groups in total. The average Bonchev–Trinajstić information content (AvgIpc) is 2.36. The number of halogens is 1. The zero-order chi connectivity index (χ0) is 14.3. The first-order valence-electron chi connectivity index (χ1n) is 5.90. The lowest BCUT2D eigenvalue weighted by molar-refractivity contribution is 0.305. The number of aliphatic hydroxyl groups excluding tert-OH is 1. The van der Waals surface area contributed by atoms with Crippen LogP contribution in [0.3, 0.4) is 0 Å². The van der Waals surface area contributed by atoms with E-state index in [1.54, 1.807) is 0 Å². The molecule has 0 saturated carbocycles. The summed E-state index contributed by atoms with van der Waals surface area (Å²) in [6.07, 6.45) is 0.922. The fraction of sp³-hybridized carbons (Fsp3) is 0.385. The summed E-state index contributed by atoms with van der Waals surface area (Å²) in [5, 5.41) is 8.57. The van der Waals surface area contributed by atoms with Crippen molar-refractivity contribution >= 4 is 10.0 Å². The predicted molar refractivity (Wildman–Crippen MR) is 70.5 cm³/mol. The highest BCUT2D eigenvalue weighted by Crippen LogP contribution is 2.15. The van der Waals surface area contributed by atoms with Crippen LogP contribution in [0.4, 0.5) is 4.39 Å². The Morgan fingerprint density at radius 2 is 2.16 bits per heavy atom. The summed E-state index contributed by atoms with van der Waals surface area (Å²) >= 11 is 0. The first kappa shape index (κ1) is 15.6. The van der Waals surface area contributed by atoms with Gasteiger partial charge in [-0.1, -0.05) is 18.8 Å². The van der Waals surface area contributed by atoms with Crippen LogP contribution >= 0.6 is 0 Å².